The van der Waals surface area contributed by atoms with Crippen molar-refractivity contribution in [2.75, 3.05) is 39.6 Å². The average molecular weight is 1630 g/mol. The zero-order chi connectivity index (χ0) is 82.2. The summed E-state index contributed by atoms with van der Waals surface area (Å²) < 4.78 is 61.3. The number of hydrogen-bond donors (Lipinski definition) is 4. The number of carbonyl (C=O) groups is 3. The van der Waals surface area contributed by atoms with Gasteiger partial charge in [0.05, 0.1) is 26.4 Å². The molecule has 16 nitrogen and oxygen atoms in total. The molecule has 18 heteroatoms. The van der Waals surface area contributed by atoms with Gasteiger partial charge in [-0.15, -0.1) is 0 Å². The van der Waals surface area contributed by atoms with Gasteiger partial charge in [0.1, 0.15) is 25.4 Å². The van der Waals surface area contributed by atoms with Crippen LogP contribution in [0.3, 0.4) is 0 Å². The predicted octanol–water partition coefficient (Wildman–Crippen LogP) is 27.8. The van der Waals surface area contributed by atoms with E-state index in [4.69, 9.17) is 32.3 Å². The van der Waals surface area contributed by atoms with Crippen LogP contribution in [0.25, 0.3) is 0 Å². The smallest absolute Gasteiger partial charge is 0.463 e. The van der Waals surface area contributed by atoms with Crippen molar-refractivity contribution in [3.8, 4) is 0 Å². The summed E-state index contributed by atoms with van der Waals surface area (Å²) >= 11 is 0. The third-order valence-electron chi connectivity index (χ3n) is 19.3. The van der Waals surface area contributed by atoms with Crippen LogP contribution in [0.4, 0.5) is 0 Å². The second kappa shape index (κ2) is 87.0. The number of hydrogen-bond acceptors (Lipinski definition) is 14. The Labute approximate surface area is 690 Å². The van der Waals surface area contributed by atoms with Gasteiger partial charge >= 0.3 is 33.6 Å². The number of unbranched alkanes of at least 4 members (excludes halogenated alkanes) is 41. The van der Waals surface area contributed by atoms with Crippen LogP contribution in [0.1, 0.15) is 393 Å². The fraction of sp³-hybridized carbons (Fsp3) is 0.737. The van der Waals surface area contributed by atoms with Gasteiger partial charge in [-0.05, 0) is 141 Å². The average Bonchev–Trinajstić information content (AvgIpc) is 0.899. The van der Waals surface area contributed by atoms with E-state index in [1.807, 2.05) is 0 Å². The van der Waals surface area contributed by atoms with Gasteiger partial charge in [0, 0.05) is 19.3 Å². The van der Waals surface area contributed by atoms with E-state index in [1.54, 1.807) is 0 Å². The molecule has 0 radical (unpaired) electrons. The van der Waals surface area contributed by atoms with Gasteiger partial charge in [-0.3, -0.25) is 32.5 Å². The maximum atomic E-state index is 13.0. The second-order valence-corrected chi connectivity index (χ2v) is 33.3. The van der Waals surface area contributed by atoms with E-state index in [-0.39, 0.29) is 19.3 Å². The molecule has 0 fully saturated rings. The molecule has 0 heterocycles. The van der Waals surface area contributed by atoms with Gasteiger partial charge in [0.15, 0.2) is 6.10 Å². The molecule has 5 atom stereocenters. The maximum Gasteiger partial charge on any atom is 0.472 e. The molecule has 652 valence electrons. The van der Waals surface area contributed by atoms with Crippen LogP contribution in [0, 0.1) is 0 Å². The van der Waals surface area contributed by atoms with E-state index in [0.717, 1.165) is 148 Å². The van der Waals surface area contributed by atoms with Crippen molar-refractivity contribution >= 4 is 33.6 Å². The summed E-state index contributed by atoms with van der Waals surface area (Å²) in [6.07, 6.45) is 108. The molecular weight excluding hydrogens is 1460 g/mol. The zero-order valence-electron chi connectivity index (χ0n) is 71.8. The van der Waals surface area contributed by atoms with Crippen LogP contribution in [-0.4, -0.2) is 95.9 Å². The summed E-state index contributed by atoms with van der Waals surface area (Å²) in [7, 11) is -9.80. The van der Waals surface area contributed by atoms with E-state index < -0.39 is 91.5 Å². The van der Waals surface area contributed by atoms with E-state index in [0.29, 0.717) is 19.3 Å². The molecule has 0 aromatic carbocycles. The highest BCUT2D eigenvalue weighted by Crippen LogP contribution is 2.45. The lowest BCUT2D eigenvalue weighted by Crippen LogP contribution is -2.30. The molecule has 0 amide bonds. The van der Waals surface area contributed by atoms with Gasteiger partial charge in [0.25, 0.3) is 0 Å². The molecule has 0 saturated heterocycles. The molecule has 0 bridgehead atoms. The minimum atomic E-state index is -4.94. The SMILES string of the molecule is CC/C=C\C/C=C\C/C=C\C/C=C\C/C=C\C/C=C\CCCCCCCCCCCCC(=O)OCC(COP(=O)(O)OCC(O)COP(=O)(O)OCC(O)COC(=O)CCCCCCCCCCCCCCCCCCCCC/C=C\C/C=C\C/C=C\C/C=C\CCCCC)OC(=O)CCCCCCC/C=C\CCCCCC. The number of esters is 3. The van der Waals surface area contributed by atoms with Crippen LogP contribution in [0.15, 0.2) is 134 Å². The van der Waals surface area contributed by atoms with Crippen molar-refractivity contribution < 1.29 is 75.8 Å². The van der Waals surface area contributed by atoms with Gasteiger partial charge in [-0.2, -0.15) is 0 Å². The van der Waals surface area contributed by atoms with Gasteiger partial charge in [0.2, 0.25) is 0 Å². The number of aliphatic hydroxyl groups is 2. The molecule has 113 heavy (non-hydrogen) atoms. The summed E-state index contributed by atoms with van der Waals surface area (Å²) in [6.45, 7) is 2.56. The number of allylic oxidation sites excluding steroid dienone is 22. The Morgan fingerprint density at radius 1 is 0.257 bits per heavy atom. The summed E-state index contributed by atoms with van der Waals surface area (Å²) in [5, 5.41) is 20.7. The molecule has 0 aliphatic heterocycles. The van der Waals surface area contributed by atoms with E-state index in [9.17, 15) is 43.5 Å². The van der Waals surface area contributed by atoms with Crippen LogP contribution >= 0.6 is 15.6 Å². The van der Waals surface area contributed by atoms with Crippen LogP contribution in [0.5, 0.6) is 0 Å². The number of phosphoric ester groups is 2. The van der Waals surface area contributed by atoms with Gasteiger partial charge < -0.3 is 34.2 Å². The number of rotatable bonds is 86. The lowest BCUT2D eigenvalue weighted by Gasteiger charge is -2.21. The number of phosphoric acid groups is 2. The fourth-order valence-electron chi connectivity index (χ4n) is 12.4. The predicted molar refractivity (Wildman–Crippen MR) is 473 cm³/mol. The summed E-state index contributed by atoms with van der Waals surface area (Å²) in [6, 6.07) is 0. The molecule has 0 rings (SSSR count). The Bertz CT molecular complexity index is 2580. The first kappa shape index (κ1) is 109. The Morgan fingerprint density at radius 3 is 0.770 bits per heavy atom. The Hall–Kier alpha value is -4.31. The molecule has 0 aromatic rings. The molecule has 5 unspecified atom stereocenters. The first-order valence-electron chi connectivity index (χ1n) is 45.5. The lowest BCUT2D eigenvalue weighted by atomic mass is 10.0. The largest absolute Gasteiger partial charge is 0.472 e. The van der Waals surface area contributed by atoms with Crippen molar-refractivity contribution in [3.05, 3.63) is 134 Å². The highest BCUT2D eigenvalue weighted by molar-refractivity contribution is 7.47. The highest BCUT2D eigenvalue weighted by atomic mass is 31.2. The van der Waals surface area contributed by atoms with Crippen molar-refractivity contribution in [1.29, 1.82) is 0 Å². The Morgan fingerprint density at radius 2 is 0.469 bits per heavy atom. The van der Waals surface area contributed by atoms with Crippen molar-refractivity contribution in [2.24, 2.45) is 0 Å². The molecule has 0 aliphatic rings. The van der Waals surface area contributed by atoms with E-state index in [2.05, 4.69) is 154 Å². The van der Waals surface area contributed by atoms with Crippen LogP contribution in [-0.2, 0) is 55.8 Å². The molecule has 0 spiro atoms. The molecule has 0 aliphatic carbocycles. The first-order chi connectivity index (χ1) is 55.2. The maximum absolute atomic E-state index is 13.0. The topological polar surface area (TPSA) is 231 Å². The third-order valence-corrected chi connectivity index (χ3v) is 21.2. The Kier molecular flexibility index (Phi) is 83.7. The van der Waals surface area contributed by atoms with E-state index >= 15 is 0 Å². The second-order valence-electron chi connectivity index (χ2n) is 30.4. The van der Waals surface area contributed by atoms with Crippen molar-refractivity contribution in [1.82, 2.24) is 0 Å². The number of carbonyl (C=O) groups excluding carboxylic acids is 3. The summed E-state index contributed by atoms with van der Waals surface area (Å²) in [4.78, 5) is 58.8. The molecule has 4 N–H and O–H groups in total. The fourth-order valence-corrected chi connectivity index (χ4v) is 14.0. The van der Waals surface area contributed by atoms with Crippen LogP contribution in [0.2, 0.25) is 0 Å². The quantitative estimate of drug-likeness (QED) is 0.0146. The molecule has 0 saturated carbocycles. The van der Waals surface area contributed by atoms with Crippen LogP contribution < -0.4 is 0 Å². The monoisotopic (exact) mass is 1630 g/mol. The number of ether oxygens (including phenoxy) is 3. The normalized spacial score (nSPS) is 14.4. The van der Waals surface area contributed by atoms with Crippen molar-refractivity contribution in [3.63, 3.8) is 0 Å². The molecular formula is C95H166O16P2. The third kappa shape index (κ3) is 88.3. The standard InChI is InChI=1S/C95H166O16P2/c1-4-7-10-13-16-19-22-25-27-29-31-33-35-37-39-41-42-43-44-45-46-48-50-51-53-55-57-59-61-64-66-69-72-75-78-81-93(98)105-84-90(96)85-107-112(101,102)108-86-91(97)87-109-113(103,104)110-89-92(111-95(100)83-80-77-74-71-68-63-24-21-18-15-12-9-6-3)88-106-94(99)82-79-76-73-70-67-65-62-60-58-56-54-52-49-47-40-38-36-34-32-30-28-26-23-20-17-14-11-8-5-2/h8,11,16-17,19-21,24-28,31-34,37-40,49,52,90-92,96-97H,4-7,9-10,12-15,18,22-23,29-30,35-36,41-48,50-51,53-89H2,1-3H3,(H,101,102)(H,103,104)/b11-8-,19-16-,20-17-,24-21-,27-25-,28-26-,33-31-,34-32-,39-37-,40-38-,52-49-. The Balaban J connectivity index is 4.39. The molecule has 0 aromatic heterocycles. The highest BCUT2D eigenvalue weighted by Gasteiger charge is 2.29. The summed E-state index contributed by atoms with van der Waals surface area (Å²) in [5.41, 5.74) is 0. The first-order valence-corrected chi connectivity index (χ1v) is 48.5. The van der Waals surface area contributed by atoms with E-state index in [1.165, 1.54) is 186 Å². The number of aliphatic hydroxyl groups excluding tert-OH is 2. The zero-order valence-corrected chi connectivity index (χ0v) is 73.6. The summed E-state index contributed by atoms with van der Waals surface area (Å²) in [5.74, 6) is -1.58. The minimum Gasteiger partial charge on any atom is -0.463 e. The van der Waals surface area contributed by atoms with Gasteiger partial charge in [-0.25, -0.2) is 9.13 Å². The van der Waals surface area contributed by atoms with Crippen molar-refractivity contribution in [2.45, 2.75) is 411 Å². The van der Waals surface area contributed by atoms with Gasteiger partial charge in [-0.1, -0.05) is 366 Å². The lowest BCUT2D eigenvalue weighted by molar-refractivity contribution is -0.161. The minimum absolute atomic E-state index is 0.0927.